The first-order chi connectivity index (χ1) is 11.8. The largest absolute Gasteiger partial charge is 0.355 e. The zero-order chi connectivity index (χ0) is 15.9. The summed E-state index contributed by atoms with van der Waals surface area (Å²) >= 11 is 0. The van der Waals surface area contributed by atoms with Crippen LogP contribution in [-0.2, 0) is 0 Å². The van der Waals surface area contributed by atoms with Crippen LogP contribution in [0.4, 0.5) is 0 Å². The van der Waals surface area contributed by atoms with Crippen LogP contribution in [0.5, 0.6) is 0 Å². The van der Waals surface area contributed by atoms with Crippen LogP contribution in [-0.4, -0.2) is 49.5 Å². The molecule has 3 aromatic rings. The Morgan fingerprint density at radius 2 is 0.760 bits per heavy atom. The molecule has 0 amide bonds. The maximum atomic E-state index is 4.63. The number of nitrogens with zero attached hydrogens (tertiary/aromatic N) is 2. The van der Waals surface area contributed by atoms with Gasteiger partial charge < -0.3 is 9.97 Å². The van der Waals surface area contributed by atoms with E-state index in [2.05, 4.69) is 44.2 Å². The Kier molecular flexibility index (Phi) is 4.17. The normalized spacial score (nSPS) is 12.2. The molecule has 0 spiro atoms. The fraction of sp³-hybridized carbons (Fsp3) is 0. The van der Waals surface area contributed by atoms with E-state index in [1.807, 2.05) is 48.6 Å². The SMILES string of the molecule is C1=Cc2cc3ccc(cc4nc(cc5ccc(cc1n2)[nH]5)C=C4)[nH]3.[Na]. The molecule has 8 bridgehead atoms. The van der Waals surface area contributed by atoms with Gasteiger partial charge in [0.1, 0.15) is 0 Å². The van der Waals surface area contributed by atoms with E-state index < -0.39 is 0 Å². The van der Waals surface area contributed by atoms with Crippen LogP contribution < -0.4 is 0 Å². The number of H-pyrrole nitrogens is 2. The van der Waals surface area contributed by atoms with Crippen LogP contribution in [0.15, 0.2) is 48.5 Å². The van der Waals surface area contributed by atoms with Gasteiger partial charge in [-0.25, -0.2) is 9.97 Å². The summed E-state index contributed by atoms with van der Waals surface area (Å²) in [5.74, 6) is 0. The molecule has 5 heteroatoms. The molecule has 4 nitrogen and oxygen atoms in total. The third-order valence-electron chi connectivity index (χ3n) is 4.04. The van der Waals surface area contributed by atoms with Gasteiger partial charge in [0.05, 0.1) is 22.8 Å². The third-order valence-corrected chi connectivity index (χ3v) is 4.04. The fourth-order valence-corrected chi connectivity index (χ4v) is 2.94. The summed E-state index contributed by atoms with van der Waals surface area (Å²) in [5, 5.41) is 0. The summed E-state index contributed by atoms with van der Waals surface area (Å²) < 4.78 is 0. The Hall–Kier alpha value is -2.40. The van der Waals surface area contributed by atoms with Crippen molar-refractivity contribution in [3.8, 4) is 0 Å². The number of aromatic nitrogens is 4. The molecule has 5 heterocycles. The molecule has 115 valence electrons. The van der Waals surface area contributed by atoms with Gasteiger partial charge in [-0.3, -0.25) is 0 Å². The van der Waals surface area contributed by atoms with E-state index in [4.69, 9.17) is 0 Å². The van der Waals surface area contributed by atoms with E-state index in [0.29, 0.717) is 0 Å². The molecule has 3 aromatic heterocycles. The number of aromatic amines is 2. The second-order valence-corrected chi connectivity index (χ2v) is 5.91. The van der Waals surface area contributed by atoms with Crippen LogP contribution in [0.25, 0.3) is 46.4 Å². The first-order valence-electron chi connectivity index (χ1n) is 7.85. The molecule has 2 aliphatic rings. The summed E-state index contributed by atoms with van der Waals surface area (Å²) in [5.41, 5.74) is 7.86. The van der Waals surface area contributed by atoms with Crippen molar-refractivity contribution >= 4 is 75.9 Å². The monoisotopic (exact) mass is 333 g/mol. The van der Waals surface area contributed by atoms with Crippen LogP contribution in [0.1, 0.15) is 22.8 Å². The summed E-state index contributed by atoms with van der Waals surface area (Å²) in [7, 11) is 0. The summed E-state index contributed by atoms with van der Waals surface area (Å²) in [6.45, 7) is 0. The van der Waals surface area contributed by atoms with Crippen molar-refractivity contribution in [1.82, 2.24) is 19.9 Å². The van der Waals surface area contributed by atoms with Gasteiger partial charge in [0.15, 0.2) is 0 Å². The smallest absolute Gasteiger partial charge is 0.0658 e. The second kappa shape index (κ2) is 6.48. The Morgan fingerprint density at radius 3 is 1.04 bits per heavy atom. The molecular formula is C20H14N4Na. The van der Waals surface area contributed by atoms with E-state index in [9.17, 15) is 0 Å². The maximum Gasteiger partial charge on any atom is 0.0658 e. The maximum absolute atomic E-state index is 4.63. The first-order valence-corrected chi connectivity index (χ1v) is 7.85. The number of hydrogen-bond donors (Lipinski definition) is 2. The minimum Gasteiger partial charge on any atom is -0.355 e. The van der Waals surface area contributed by atoms with Gasteiger partial charge in [-0.05, 0) is 72.8 Å². The molecule has 0 aromatic carbocycles. The zero-order valence-electron chi connectivity index (χ0n) is 13.8. The first kappa shape index (κ1) is 16.1. The zero-order valence-corrected chi connectivity index (χ0v) is 15.8. The van der Waals surface area contributed by atoms with Crippen molar-refractivity contribution in [1.29, 1.82) is 0 Å². The number of nitrogens with one attached hydrogen (secondary N) is 2. The average molecular weight is 333 g/mol. The molecule has 0 atom stereocenters. The Bertz CT molecular complexity index is 990. The molecule has 0 saturated carbocycles. The van der Waals surface area contributed by atoms with Crippen molar-refractivity contribution in [2.24, 2.45) is 0 Å². The standard InChI is InChI=1S/C20H14N4.Na/c1-2-14-10-16-5-6-18(23-16)12-20-8-7-19(24-20)11-17-4-3-15(22-17)9-13(1)21-14;/h1-12,21,24H;. The van der Waals surface area contributed by atoms with Crippen LogP contribution in [0.3, 0.4) is 0 Å². The van der Waals surface area contributed by atoms with Gasteiger partial charge in [-0.1, -0.05) is 0 Å². The molecule has 0 saturated heterocycles. The Balaban J connectivity index is 0.00000157. The van der Waals surface area contributed by atoms with E-state index in [0.717, 1.165) is 44.8 Å². The van der Waals surface area contributed by atoms with Crippen LogP contribution in [0.2, 0.25) is 0 Å². The minimum atomic E-state index is 0. The molecule has 0 aliphatic carbocycles. The van der Waals surface area contributed by atoms with E-state index in [1.54, 1.807) is 0 Å². The molecule has 25 heavy (non-hydrogen) atoms. The summed E-state index contributed by atoms with van der Waals surface area (Å²) in [6.07, 6.45) is 8.09. The molecule has 0 unspecified atom stereocenters. The van der Waals surface area contributed by atoms with Crippen molar-refractivity contribution in [3.05, 3.63) is 71.3 Å². The van der Waals surface area contributed by atoms with Gasteiger partial charge in [0.2, 0.25) is 0 Å². The number of rotatable bonds is 0. The van der Waals surface area contributed by atoms with Gasteiger partial charge in [0, 0.05) is 51.6 Å². The van der Waals surface area contributed by atoms with E-state index in [-0.39, 0.29) is 29.6 Å². The van der Waals surface area contributed by atoms with Crippen molar-refractivity contribution < 1.29 is 0 Å². The fourth-order valence-electron chi connectivity index (χ4n) is 2.94. The predicted molar refractivity (Wildman–Crippen MR) is 105 cm³/mol. The molecule has 0 fully saturated rings. The number of hydrogen-bond acceptors (Lipinski definition) is 2. The number of fused-ring (bicyclic) bond motifs is 8. The topological polar surface area (TPSA) is 57.4 Å². The average Bonchev–Trinajstić information content (AvgIpc) is 3.32. The van der Waals surface area contributed by atoms with Gasteiger partial charge >= 0.3 is 0 Å². The van der Waals surface area contributed by atoms with Crippen molar-refractivity contribution in [2.45, 2.75) is 0 Å². The Labute approximate surface area is 166 Å². The predicted octanol–water partition coefficient (Wildman–Crippen LogP) is 4.27. The molecule has 2 N–H and O–H groups in total. The Morgan fingerprint density at radius 1 is 0.480 bits per heavy atom. The quantitative estimate of drug-likeness (QED) is 0.416. The van der Waals surface area contributed by atoms with Crippen molar-refractivity contribution in [3.63, 3.8) is 0 Å². The van der Waals surface area contributed by atoms with Crippen LogP contribution in [0, 0.1) is 0 Å². The van der Waals surface area contributed by atoms with Gasteiger partial charge in [-0.15, -0.1) is 0 Å². The molecular weight excluding hydrogens is 319 g/mol. The third kappa shape index (κ3) is 3.37. The van der Waals surface area contributed by atoms with Gasteiger partial charge in [0.25, 0.3) is 0 Å². The van der Waals surface area contributed by atoms with E-state index >= 15 is 0 Å². The molecule has 1 radical (unpaired) electrons. The van der Waals surface area contributed by atoms with E-state index in [1.165, 1.54) is 0 Å². The van der Waals surface area contributed by atoms with Crippen molar-refractivity contribution in [2.75, 3.05) is 0 Å². The van der Waals surface area contributed by atoms with Gasteiger partial charge in [-0.2, -0.15) is 0 Å². The second-order valence-electron chi connectivity index (χ2n) is 5.91. The molecule has 2 aliphatic heterocycles. The summed E-state index contributed by atoms with van der Waals surface area (Å²) in [4.78, 5) is 16.0. The molecule has 5 rings (SSSR count). The summed E-state index contributed by atoms with van der Waals surface area (Å²) in [6, 6.07) is 16.4. The minimum absolute atomic E-state index is 0. The van der Waals surface area contributed by atoms with Crippen LogP contribution >= 0.6 is 0 Å².